The maximum atomic E-state index is 8.93. The average molecular weight is 167 g/mol. The van der Waals surface area contributed by atoms with Crippen molar-refractivity contribution in [3.8, 4) is 0 Å². The zero-order valence-electron chi connectivity index (χ0n) is 6.77. The number of hydrogen-bond acceptors (Lipinski definition) is 3. The van der Waals surface area contributed by atoms with Crippen LogP contribution in [-0.2, 0) is 6.61 Å². The zero-order valence-corrected chi connectivity index (χ0v) is 6.77. The molecule has 1 aromatic carbocycles. The summed E-state index contributed by atoms with van der Waals surface area (Å²) in [4.78, 5) is 0. The highest BCUT2D eigenvalue weighted by Crippen LogP contribution is 2.15. The van der Waals surface area contributed by atoms with Crippen LogP contribution in [0.3, 0.4) is 0 Å². The molecule has 3 nitrogen and oxygen atoms in total. The Morgan fingerprint density at radius 2 is 1.92 bits per heavy atom. The first-order valence-corrected chi connectivity index (χ1v) is 3.84. The minimum absolute atomic E-state index is 0.0378. The van der Waals surface area contributed by atoms with E-state index in [0.29, 0.717) is 0 Å². The molecule has 66 valence electrons. The second-order valence-electron chi connectivity index (χ2n) is 2.65. The first-order chi connectivity index (χ1) is 5.79. The Hall–Kier alpha value is -0.900. The van der Waals surface area contributed by atoms with Gasteiger partial charge in [0.2, 0.25) is 0 Å². The molecule has 4 N–H and O–H groups in total. The lowest BCUT2D eigenvalue weighted by Gasteiger charge is -2.12. The van der Waals surface area contributed by atoms with Crippen LogP contribution in [0.25, 0.3) is 0 Å². The van der Waals surface area contributed by atoms with Gasteiger partial charge in [-0.1, -0.05) is 24.3 Å². The minimum Gasteiger partial charge on any atom is -0.394 e. The predicted octanol–water partition coefficient (Wildman–Crippen LogP) is 0.171. The van der Waals surface area contributed by atoms with Crippen LogP contribution in [0, 0.1) is 0 Å². The van der Waals surface area contributed by atoms with E-state index in [4.69, 9.17) is 15.9 Å². The van der Waals surface area contributed by atoms with Crippen molar-refractivity contribution in [3.63, 3.8) is 0 Å². The number of nitrogens with two attached hydrogens (primary N) is 1. The van der Waals surface area contributed by atoms with Crippen LogP contribution >= 0.6 is 0 Å². The highest BCUT2D eigenvalue weighted by Gasteiger charge is 2.07. The molecule has 0 aliphatic heterocycles. The Morgan fingerprint density at radius 1 is 1.25 bits per heavy atom. The van der Waals surface area contributed by atoms with Crippen LogP contribution < -0.4 is 5.73 Å². The van der Waals surface area contributed by atoms with E-state index in [2.05, 4.69) is 0 Å². The molecule has 1 aromatic rings. The molecule has 0 heterocycles. The lowest BCUT2D eigenvalue weighted by atomic mass is 10.0. The number of aliphatic hydroxyl groups excluding tert-OH is 2. The second kappa shape index (κ2) is 4.21. The van der Waals surface area contributed by atoms with Gasteiger partial charge in [0.15, 0.2) is 0 Å². The molecular weight excluding hydrogens is 154 g/mol. The lowest BCUT2D eigenvalue weighted by Crippen LogP contribution is -2.16. The Bertz CT molecular complexity index is 250. The largest absolute Gasteiger partial charge is 0.394 e. The van der Waals surface area contributed by atoms with Crippen molar-refractivity contribution in [1.82, 2.24) is 0 Å². The minimum atomic E-state index is -0.395. The fourth-order valence-electron chi connectivity index (χ4n) is 1.14. The molecule has 0 unspecified atom stereocenters. The van der Waals surface area contributed by atoms with Gasteiger partial charge >= 0.3 is 0 Å². The Kier molecular flexibility index (Phi) is 3.22. The van der Waals surface area contributed by atoms with Gasteiger partial charge in [0.1, 0.15) is 0 Å². The van der Waals surface area contributed by atoms with Crippen molar-refractivity contribution in [1.29, 1.82) is 0 Å². The monoisotopic (exact) mass is 167 g/mol. The van der Waals surface area contributed by atoms with Crippen LogP contribution in [0.4, 0.5) is 0 Å². The van der Waals surface area contributed by atoms with E-state index in [0.717, 1.165) is 11.1 Å². The summed E-state index contributed by atoms with van der Waals surface area (Å²) in [5.74, 6) is 0. The molecule has 12 heavy (non-hydrogen) atoms. The lowest BCUT2D eigenvalue weighted by molar-refractivity contribution is 0.259. The van der Waals surface area contributed by atoms with E-state index in [9.17, 15) is 0 Å². The molecule has 0 aromatic heterocycles. The van der Waals surface area contributed by atoms with Crippen molar-refractivity contribution in [2.45, 2.75) is 12.6 Å². The smallest absolute Gasteiger partial charge is 0.0685 e. The highest BCUT2D eigenvalue weighted by molar-refractivity contribution is 5.29. The van der Waals surface area contributed by atoms with E-state index in [1.807, 2.05) is 18.2 Å². The summed E-state index contributed by atoms with van der Waals surface area (Å²) in [6.07, 6.45) is 0. The van der Waals surface area contributed by atoms with Gasteiger partial charge < -0.3 is 15.9 Å². The third kappa shape index (κ3) is 1.82. The standard InChI is InChI=1S/C9H13NO2/c10-9(6-12)8-4-2-1-3-7(8)5-11/h1-4,9,11-12H,5-6,10H2/t9-/m1/s1. The second-order valence-corrected chi connectivity index (χ2v) is 2.65. The molecule has 0 saturated carbocycles. The maximum Gasteiger partial charge on any atom is 0.0685 e. The highest BCUT2D eigenvalue weighted by atomic mass is 16.3. The summed E-state index contributed by atoms with van der Waals surface area (Å²) in [5.41, 5.74) is 7.19. The topological polar surface area (TPSA) is 66.5 Å². The van der Waals surface area contributed by atoms with Gasteiger partial charge in [0.25, 0.3) is 0 Å². The SMILES string of the molecule is N[C@H](CO)c1ccccc1CO. The van der Waals surface area contributed by atoms with Crippen LogP contribution in [0.15, 0.2) is 24.3 Å². The molecule has 0 fully saturated rings. The van der Waals surface area contributed by atoms with Crippen LogP contribution in [0.1, 0.15) is 17.2 Å². The molecule has 0 radical (unpaired) electrons. The Balaban J connectivity index is 2.96. The van der Waals surface area contributed by atoms with Crippen molar-refractivity contribution in [2.75, 3.05) is 6.61 Å². The fourth-order valence-corrected chi connectivity index (χ4v) is 1.14. The molecule has 0 spiro atoms. The van der Waals surface area contributed by atoms with Gasteiger partial charge in [-0.2, -0.15) is 0 Å². The molecule has 0 saturated heterocycles. The summed E-state index contributed by atoms with van der Waals surface area (Å²) >= 11 is 0. The van der Waals surface area contributed by atoms with Gasteiger partial charge in [-0.15, -0.1) is 0 Å². The maximum absolute atomic E-state index is 8.93. The van der Waals surface area contributed by atoms with Crippen molar-refractivity contribution < 1.29 is 10.2 Å². The summed E-state index contributed by atoms with van der Waals surface area (Å²) in [5, 5.41) is 17.7. The number of hydrogen-bond donors (Lipinski definition) is 3. The Labute approximate surface area is 71.5 Å². The normalized spacial score (nSPS) is 12.9. The van der Waals surface area contributed by atoms with Crippen molar-refractivity contribution >= 4 is 0 Å². The number of benzene rings is 1. The fraction of sp³-hybridized carbons (Fsp3) is 0.333. The summed E-state index contributed by atoms with van der Waals surface area (Å²) in [6, 6.07) is 6.88. The van der Waals surface area contributed by atoms with Crippen molar-refractivity contribution in [2.24, 2.45) is 5.73 Å². The van der Waals surface area contributed by atoms with E-state index < -0.39 is 6.04 Å². The van der Waals surface area contributed by atoms with Crippen LogP contribution in [0.5, 0.6) is 0 Å². The van der Waals surface area contributed by atoms with Gasteiger partial charge in [-0.05, 0) is 11.1 Å². The molecule has 0 bridgehead atoms. The summed E-state index contributed by atoms with van der Waals surface area (Å²) < 4.78 is 0. The third-order valence-electron chi connectivity index (χ3n) is 1.82. The Morgan fingerprint density at radius 3 is 2.50 bits per heavy atom. The van der Waals surface area contributed by atoms with Gasteiger partial charge in [0.05, 0.1) is 19.3 Å². The van der Waals surface area contributed by atoms with Crippen molar-refractivity contribution in [3.05, 3.63) is 35.4 Å². The quantitative estimate of drug-likeness (QED) is 0.601. The molecule has 0 aliphatic rings. The number of rotatable bonds is 3. The first-order valence-electron chi connectivity index (χ1n) is 3.84. The third-order valence-corrected chi connectivity index (χ3v) is 1.82. The molecule has 0 aliphatic carbocycles. The van der Waals surface area contributed by atoms with Crippen LogP contribution in [-0.4, -0.2) is 16.8 Å². The molecule has 1 atom stereocenters. The molecule has 0 amide bonds. The van der Waals surface area contributed by atoms with E-state index in [1.165, 1.54) is 0 Å². The zero-order chi connectivity index (χ0) is 8.97. The summed E-state index contributed by atoms with van der Waals surface area (Å²) in [6.45, 7) is -0.138. The summed E-state index contributed by atoms with van der Waals surface area (Å²) in [7, 11) is 0. The first kappa shape index (κ1) is 9.19. The predicted molar refractivity (Wildman–Crippen MR) is 46.4 cm³/mol. The van der Waals surface area contributed by atoms with E-state index in [1.54, 1.807) is 6.07 Å². The van der Waals surface area contributed by atoms with Gasteiger partial charge in [0, 0.05) is 0 Å². The van der Waals surface area contributed by atoms with Gasteiger partial charge in [-0.25, -0.2) is 0 Å². The molecule has 3 heteroatoms. The molecular formula is C9H13NO2. The average Bonchev–Trinajstić information content (AvgIpc) is 2.16. The molecule has 1 rings (SSSR count). The van der Waals surface area contributed by atoms with Gasteiger partial charge in [-0.3, -0.25) is 0 Å². The van der Waals surface area contributed by atoms with Crippen LogP contribution in [0.2, 0.25) is 0 Å². The van der Waals surface area contributed by atoms with E-state index in [-0.39, 0.29) is 13.2 Å². The van der Waals surface area contributed by atoms with E-state index >= 15 is 0 Å². The number of aliphatic hydroxyl groups is 2.